The Bertz CT molecular complexity index is 350. The van der Waals surface area contributed by atoms with Crippen LogP contribution in [0.4, 0.5) is 0 Å². The first-order chi connectivity index (χ1) is 10.5. The molecule has 1 saturated carbocycles. The van der Waals surface area contributed by atoms with Crippen LogP contribution < -0.4 is 5.32 Å². The minimum atomic E-state index is -0.275. The van der Waals surface area contributed by atoms with E-state index in [0.717, 1.165) is 6.54 Å². The topological polar surface area (TPSA) is 52.7 Å². The molecule has 5 heteroatoms. The third-order valence-corrected chi connectivity index (χ3v) is 4.83. The summed E-state index contributed by atoms with van der Waals surface area (Å²) in [5, 5.41) is 3.06. The molecule has 1 unspecified atom stereocenters. The van der Waals surface area contributed by atoms with Crippen LogP contribution in [0.2, 0.25) is 0 Å². The monoisotopic (exact) mass is 311 g/mol. The minimum Gasteiger partial charge on any atom is -0.354 e. The van der Waals surface area contributed by atoms with Crippen molar-refractivity contribution in [2.45, 2.75) is 58.9 Å². The average molecular weight is 311 g/mol. The van der Waals surface area contributed by atoms with E-state index in [1.165, 1.54) is 32.1 Å². The summed E-state index contributed by atoms with van der Waals surface area (Å²) in [6.45, 7) is 8.31. The maximum atomic E-state index is 12.2. The highest BCUT2D eigenvalue weighted by Crippen LogP contribution is 2.22. The number of likely N-dealkylation sites (N-methyl/N-ethyl adjacent to an activating group) is 2. The van der Waals surface area contributed by atoms with Gasteiger partial charge in [0.15, 0.2) is 0 Å². The highest BCUT2D eigenvalue weighted by molar-refractivity contribution is 5.83. The van der Waals surface area contributed by atoms with E-state index in [1.807, 2.05) is 32.7 Å². The van der Waals surface area contributed by atoms with Crippen molar-refractivity contribution in [3.63, 3.8) is 0 Å². The SMILES string of the molecule is CCN(CC)C(=O)CN(C)C(C)C(=O)NCC1CCCCC1. The molecule has 1 aliphatic rings. The molecule has 1 aliphatic carbocycles. The normalized spacial score (nSPS) is 17.3. The molecule has 0 aliphatic heterocycles. The Labute approximate surface area is 135 Å². The Morgan fingerprint density at radius 3 is 2.27 bits per heavy atom. The summed E-state index contributed by atoms with van der Waals surface area (Å²) >= 11 is 0. The van der Waals surface area contributed by atoms with E-state index in [-0.39, 0.29) is 17.9 Å². The van der Waals surface area contributed by atoms with Crippen LogP contribution >= 0.6 is 0 Å². The van der Waals surface area contributed by atoms with Gasteiger partial charge < -0.3 is 10.2 Å². The predicted octanol–water partition coefficient (Wildman–Crippen LogP) is 1.87. The van der Waals surface area contributed by atoms with Crippen LogP contribution in [-0.2, 0) is 9.59 Å². The van der Waals surface area contributed by atoms with Gasteiger partial charge in [0, 0.05) is 19.6 Å². The van der Waals surface area contributed by atoms with Crippen LogP contribution in [0.25, 0.3) is 0 Å². The fourth-order valence-electron chi connectivity index (χ4n) is 3.01. The molecule has 0 radical (unpaired) electrons. The summed E-state index contributed by atoms with van der Waals surface area (Å²) in [5.74, 6) is 0.743. The standard InChI is InChI=1S/C17H33N3O2/c1-5-20(6-2)16(21)13-19(4)14(3)17(22)18-12-15-10-8-7-9-11-15/h14-15H,5-13H2,1-4H3,(H,18,22). The fourth-order valence-corrected chi connectivity index (χ4v) is 3.01. The van der Waals surface area contributed by atoms with Crippen LogP contribution in [0.15, 0.2) is 0 Å². The van der Waals surface area contributed by atoms with Gasteiger partial charge in [-0.15, -0.1) is 0 Å². The number of hydrogen-bond acceptors (Lipinski definition) is 3. The predicted molar refractivity (Wildman–Crippen MR) is 89.6 cm³/mol. The van der Waals surface area contributed by atoms with Crippen molar-refractivity contribution in [2.75, 3.05) is 33.2 Å². The van der Waals surface area contributed by atoms with E-state index in [2.05, 4.69) is 5.32 Å². The Kier molecular flexibility index (Phi) is 8.46. The van der Waals surface area contributed by atoms with E-state index >= 15 is 0 Å². The van der Waals surface area contributed by atoms with E-state index < -0.39 is 0 Å². The summed E-state index contributed by atoms with van der Waals surface area (Å²) < 4.78 is 0. The molecule has 0 aromatic rings. The Hall–Kier alpha value is -1.10. The average Bonchev–Trinajstić information content (AvgIpc) is 2.53. The third kappa shape index (κ3) is 5.95. The molecule has 0 heterocycles. The molecule has 1 N–H and O–H groups in total. The summed E-state index contributed by atoms with van der Waals surface area (Å²) in [5.41, 5.74) is 0. The number of carbonyl (C=O) groups excluding carboxylic acids is 2. The van der Waals surface area contributed by atoms with E-state index in [4.69, 9.17) is 0 Å². The molecule has 0 aromatic carbocycles. The van der Waals surface area contributed by atoms with E-state index in [0.29, 0.717) is 25.6 Å². The van der Waals surface area contributed by atoms with Crippen LogP contribution in [0.5, 0.6) is 0 Å². The molecule has 2 amide bonds. The van der Waals surface area contributed by atoms with Gasteiger partial charge in [0.05, 0.1) is 12.6 Å². The quantitative estimate of drug-likeness (QED) is 0.744. The Balaban J connectivity index is 2.35. The first kappa shape index (κ1) is 18.9. The fraction of sp³-hybridized carbons (Fsp3) is 0.882. The van der Waals surface area contributed by atoms with Gasteiger partial charge in [0.1, 0.15) is 0 Å². The largest absolute Gasteiger partial charge is 0.354 e. The van der Waals surface area contributed by atoms with Gasteiger partial charge in [-0.25, -0.2) is 0 Å². The molecule has 0 bridgehead atoms. The molecule has 22 heavy (non-hydrogen) atoms. The highest BCUT2D eigenvalue weighted by atomic mass is 16.2. The van der Waals surface area contributed by atoms with Crippen molar-refractivity contribution in [1.29, 1.82) is 0 Å². The van der Waals surface area contributed by atoms with Gasteiger partial charge >= 0.3 is 0 Å². The Morgan fingerprint density at radius 2 is 1.73 bits per heavy atom. The summed E-state index contributed by atoms with van der Waals surface area (Å²) in [7, 11) is 1.84. The van der Waals surface area contributed by atoms with Gasteiger partial charge in [-0.2, -0.15) is 0 Å². The number of amides is 2. The zero-order chi connectivity index (χ0) is 16.5. The minimum absolute atomic E-state index is 0.0282. The van der Waals surface area contributed by atoms with Gasteiger partial charge in [-0.3, -0.25) is 14.5 Å². The van der Waals surface area contributed by atoms with Crippen molar-refractivity contribution in [1.82, 2.24) is 15.1 Å². The number of nitrogens with one attached hydrogen (secondary N) is 1. The molecule has 0 aromatic heterocycles. The number of hydrogen-bond donors (Lipinski definition) is 1. The van der Waals surface area contributed by atoms with Crippen molar-refractivity contribution >= 4 is 11.8 Å². The van der Waals surface area contributed by atoms with Crippen LogP contribution in [0.3, 0.4) is 0 Å². The first-order valence-corrected chi connectivity index (χ1v) is 8.75. The highest BCUT2D eigenvalue weighted by Gasteiger charge is 2.22. The summed E-state index contributed by atoms with van der Waals surface area (Å²) in [6, 6.07) is -0.275. The van der Waals surface area contributed by atoms with Gasteiger partial charge in [0.25, 0.3) is 0 Å². The maximum Gasteiger partial charge on any atom is 0.237 e. The number of carbonyl (C=O) groups is 2. The lowest BCUT2D eigenvalue weighted by atomic mass is 9.89. The second-order valence-electron chi connectivity index (χ2n) is 6.41. The molecule has 1 rings (SSSR count). The maximum absolute atomic E-state index is 12.2. The van der Waals surface area contributed by atoms with Crippen LogP contribution in [0.1, 0.15) is 52.9 Å². The molecule has 5 nitrogen and oxygen atoms in total. The van der Waals surface area contributed by atoms with E-state index in [9.17, 15) is 9.59 Å². The molecule has 0 spiro atoms. The summed E-state index contributed by atoms with van der Waals surface area (Å²) in [6.07, 6.45) is 6.36. The van der Waals surface area contributed by atoms with Crippen molar-refractivity contribution in [3.05, 3.63) is 0 Å². The van der Waals surface area contributed by atoms with Crippen molar-refractivity contribution in [3.8, 4) is 0 Å². The zero-order valence-electron chi connectivity index (χ0n) is 14.7. The smallest absolute Gasteiger partial charge is 0.237 e. The van der Waals surface area contributed by atoms with Crippen molar-refractivity contribution in [2.24, 2.45) is 5.92 Å². The molecular formula is C17H33N3O2. The summed E-state index contributed by atoms with van der Waals surface area (Å²) in [4.78, 5) is 28.0. The lowest BCUT2D eigenvalue weighted by molar-refractivity contribution is -0.133. The van der Waals surface area contributed by atoms with Gasteiger partial charge in [0.2, 0.25) is 11.8 Å². The zero-order valence-corrected chi connectivity index (χ0v) is 14.7. The molecule has 1 atom stereocenters. The lowest BCUT2D eigenvalue weighted by Gasteiger charge is -2.28. The number of rotatable bonds is 8. The Morgan fingerprint density at radius 1 is 1.14 bits per heavy atom. The first-order valence-electron chi connectivity index (χ1n) is 8.75. The van der Waals surface area contributed by atoms with Crippen LogP contribution in [0, 0.1) is 5.92 Å². The van der Waals surface area contributed by atoms with E-state index in [1.54, 1.807) is 4.90 Å². The second-order valence-corrected chi connectivity index (χ2v) is 6.41. The molecule has 1 fully saturated rings. The second kappa shape index (κ2) is 9.82. The van der Waals surface area contributed by atoms with Crippen molar-refractivity contribution < 1.29 is 9.59 Å². The number of nitrogens with zero attached hydrogens (tertiary/aromatic N) is 2. The lowest BCUT2D eigenvalue weighted by Crippen LogP contribution is -2.48. The van der Waals surface area contributed by atoms with Gasteiger partial charge in [-0.05, 0) is 46.6 Å². The molecule has 128 valence electrons. The third-order valence-electron chi connectivity index (χ3n) is 4.83. The molecular weight excluding hydrogens is 278 g/mol. The van der Waals surface area contributed by atoms with Gasteiger partial charge in [-0.1, -0.05) is 19.3 Å². The van der Waals surface area contributed by atoms with Crippen LogP contribution in [-0.4, -0.2) is 60.9 Å². The molecule has 0 saturated heterocycles.